The predicted octanol–water partition coefficient (Wildman–Crippen LogP) is -0.163. The quantitative estimate of drug-likeness (QED) is 0.736. The molecule has 0 aliphatic carbocycles. The van der Waals surface area contributed by atoms with Gasteiger partial charge in [-0.2, -0.15) is 0 Å². The normalized spacial score (nSPS) is 15.2. The molecule has 132 valence electrons. The van der Waals surface area contributed by atoms with Crippen LogP contribution in [0.15, 0.2) is 18.2 Å². The second-order valence-corrected chi connectivity index (χ2v) is 5.45. The summed E-state index contributed by atoms with van der Waals surface area (Å²) in [5, 5.41) is 2.39. The van der Waals surface area contributed by atoms with Crippen molar-refractivity contribution >= 4 is 23.7 Å². The summed E-state index contributed by atoms with van der Waals surface area (Å²) in [6.45, 7) is -0.477. The Morgan fingerprint density at radius 2 is 2.00 bits per heavy atom. The zero-order chi connectivity index (χ0) is 17.8. The maximum absolute atomic E-state index is 12.0. The summed E-state index contributed by atoms with van der Waals surface area (Å²) in [5.74, 6) is -1.08. The van der Waals surface area contributed by atoms with Gasteiger partial charge in [-0.25, -0.2) is 0 Å². The Bertz CT molecular complexity index is 731. The van der Waals surface area contributed by atoms with Gasteiger partial charge in [-0.15, -0.1) is 0 Å². The third kappa shape index (κ3) is 3.87. The molecule has 9 nitrogen and oxygen atoms in total. The van der Waals surface area contributed by atoms with Gasteiger partial charge >= 0.3 is 5.97 Å². The molecule has 0 saturated carbocycles. The van der Waals surface area contributed by atoms with E-state index in [4.69, 9.17) is 14.2 Å². The Kier molecular flexibility index (Phi) is 4.82. The van der Waals surface area contributed by atoms with Crippen LogP contribution in [0.4, 0.5) is 0 Å². The van der Waals surface area contributed by atoms with Crippen LogP contribution in [0.5, 0.6) is 11.5 Å². The van der Waals surface area contributed by atoms with Crippen LogP contribution in [0.25, 0.3) is 0 Å². The van der Waals surface area contributed by atoms with Crippen LogP contribution in [-0.4, -0.2) is 55.1 Å². The Balaban J connectivity index is 1.43. The lowest BCUT2D eigenvalue weighted by Gasteiger charge is -2.13. The molecule has 0 bridgehead atoms. The number of nitrogens with one attached hydrogen (secondary N) is 1. The van der Waals surface area contributed by atoms with Gasteiger partial charge in [0.05, 0.1) is 0 Å². The van der Waals surface area contributed by atoms with Crippen molar-refractivity contribution in [1.82, 2.24) is 10.2 Å². The fraction of sp³-hybridized carbons (Fsp3) is 0.375. The summed E-state index contributed by atoms with van der Waals surface area (Å²) in [4.78, 5) is 47.8. The van der Waals surface area contributed by atoms with Crippen LogP contribution in [0.2, 0.25) is 0 Å². The van der Waals surface area contributed by atoms with Gasteiger partial charge in [-0.3, -0.25) is 24.1 Å². The van der Waals surface area contributed by atoms with Gasteiger partial charge in [0.15, 0.2) is 18.1 Å². The first-order chi connectivity index (χ1) is 12.0. The minimum atomic E-state index is -0.769. The van der Waals surface area contributed by atoms with Crippen molar-refractivity contribution in [2.45, 2.75) is 12.8 Å². The van der Waals surface area contributed by atoms with Crippen molar-refractivity contribution in [3.63, 3.8) is 0 Å². The van der Waals surface area contributed by atoms with E-state index in [1.807, 2.05) is 0 Å². The smallest absolute Gasteiger partial charge is 0.325 e. The van der Waals surface area contributed by atoms with Gasteiger partial charge in [-0.05, 0) is 24.6 Å². The summed E-state index contributed by atoms with van der Waals surface area (Å²) in [6, 6.07) is 4.64. The van der Waals surface area contributed by atoms with Crippen LogP contribution in [0.1, 0.15) is 23.2 Å². The highest BCUT2D eigenvalue weighted by Gasteiger charge is 2.27. The van der Waals surface area contributed by atoms with Crippen LogP contribution in [0, 0.1) is 0 Å². The van der Waals surface area contributed by atoms with Crippen molar-refractivity contribution in [2.24, 2.45) is 0 Å². The fourth-order valence-corrected chi connectivity index (χ4v) is 2.48. The predicted molar refractivity (Wildman–Crippen MR) is 81.8 cm³/mol. The molecule has 2 heterocycles. The lowest BCUT2D eigenvalue weighted by molar-refractivity contribution is -0.154. The summed E-state index contributed by atoms with van der Waals surface area (Å²) in [7, 11) is 0. The molecular weight excluding hydrogens is 332 g/mol. The average Bonchev–Trinajstić information content (AvgIpc) is 3.25. The minimum absolute atomic E-state index is 0.0975. The van der Waals surface area contributed by atoms with Crippen molar-refractivity contribution in [3.8, 4) is 11.5 Å². The summed E-state index contributed by atoms with van der Waals surface area (Å²) in [5.41, 5.74) is 0.302. The monoisotopic (exact) mass is 348 g/mol. The Morgan fingerprint density at radius 3 is 2.76 bits per heavy atom. The molecule has 0 aromatic heterocycles. The number of esters is 1. The number of hydrogen-bond donors (Lipinski definition) is 1. The van der Waals surface area contributed by atoms with E-state index in [9.17, 15) is 19.2 Å². The summed E-state index contributed by atoms with van der Waals surface area (Å²) in [6.07, 6.45) is 0.940. The van der Waals surface area contributed by atoms with Gasteiger partial charge in [0.1, 0.15) is 6.54 Å². The van der Waals surface area contributed by atoms with Crippen LogP contribution >= 0.6 is 0 Å². The second-order valence-electron chi connectivity index (χ2n) is 5.45. The van der Waals surface area contributed by atoms with Gasteiger partial charge in [0.25, 0.3) is 11.8 Å². The van der Waals surface area contributed by atoms with E-state index in [0.29, 0.717) is 36.4 Å². The molecule has 3 rings (SSSR count). The molecule has 1 N–H and O–H groups in total. The number of carbonyl (C=O) groups is 4. The molecule has 9 heteroatoms. The number of ether oxygens (including phenoxy) is 3. The average molecular weight is 348 g/mol. The molecule has 3 amide bonds. The first-order valence-electron chi connectivity index (χ1n) is 7.71. The Labute approximate surface area is 142 Å². The van der Waals surface area contributed by atoms with Crippen LogP contribution < -0.4 is 14.8 Å². The molecular formula is C16H16N2O7. The highest BCUT2D eigenvalue weighted by atomic mass is 16.7. The largest absolute Gasteiger partial charge is 0.454 e. The number of likely N-dealkylation sites (tertiary alicyclic amines) is 1. The Morgan fingerprint density at radius 1 is 1.20 bits per heavy atom. The molecule has 25 heavy (non-hydrogen) atoms. The number of nitrogens with zero attached hydrogens (tertiary/aromatic N) is 1. The number of hydrogen-bond acceptors (Lipinski definition) is 7. The standard InChI is InChI=1S/C16H16N2O7/c19-13-2-1-5-18(13)14(20)8-23-15(21)7-17-16(22)10-3-4-11-12(6-10)25-9-24-11/h3-4,6H,1-2,5,7-9H2,(H,17,22). The topological polar surface area (TPSA) is 111 Å². The van der Waals surface area contributed by atoms with Gasteiger partial charge in [0, 0.05) is 18.5 Å². The molecule has 1 aromatic rings. The molecule has 2 aliphatic rings. The highest BCUT2D eigenvalue weighted by molar-refractivity contribution is 5.98. The van der Waals surface area contributed by atoms with E-state index in [1.165, 1.54) is 12.1 Å². The maximum atomic E-state index is 12.0. The molecule has 0 spiro atoms. The molecule has 1 fully saturated rings. The number of rotatable bonds is 5. The van der Waals surface area contributed by atoms with Crippen LogP contribution in [0.3, 0.4) is 0 Å². The zero-order valence-corrected chi connectivity index (χ0v) is 13.3. The van der Waals surface area contributed by atoms with Crippen molar-refractivity contribution < 1.29 is 33.4 Å². The van der Waals surface area contributed by atoms with Crippen molar-refractivity contribution in [2.75, 3.05) is 26.5 Å². The van der Waals surface area contributed by atoms with E-state index >= 15 is 0 Å². The SMILES string of the molecule is O=C(CNC(=O)c1ccc2c(c1)OCO2)OCC(=O)N1CCCC1=O. The first-order valence-corrected chi connectivity index (χ1v) is 7.71. The molecule has 0 unspecified atom stereocenters. The van der Waals surface area contributed by atoms with Gasteiger partial charge in [0.2, 0.25) is 12.7 Å². The van der Waals surface area contributed by atoms with Crippen LogP contribution in [-0.2, 0) is 19.1 Å². The number of carbonyl (C=O) groups excluding carboxylic acids is 4. The molecule has 0 radical (unpaired) electrons. The number of imide groups is 1. The lowest BCUT2D eigenvalue weighted by atomic mass is 10.2. The van der Waals surface area contributed by atoms with Crippen molar-refractivity contribution in [1.29, 1.82) is 0 Å². The molecule has 0 atom stereocenters. The van der Waals surface area contributed by atoms with E-state index in [0.717, 1.165) is 4.90 Å². The highest BCUT2D eigenvalue weighted by Crippen LogP contribution is 2.32. The summed E-state index contributed by atoms with van der Waals surface area (Å²) >= 11 is 0. The van der Waals surface area contributed by atoms with Gasteiger partial charge < -0.3 is 19.5 Å². The minimum Gasteiger partial charge on any atom is -0.454 e. The molecule has 2 aliphatic heterocycles. The number of benzene rings is 1. The van der Waals surface area contributed by atoms with E-state index < -0.39 is 30.9 Å². The fourth-order valence-electron chi connectivity index (χ4n) is 2.48. The van der Waals surface area contributed by atoms with Crippen molar-refractivity contribution in [3.05, 3.63) is 23.8 Å². The third-order valence-corrected chi connectivity index (χ3v) is 3.76. The zero-order valence-electron chi connectivity index (χ0n) is 13.3. The number of fused-ring (bicyclic) bond motifs is 1. The first kappa shape index (κ1) is 16.7. The second kappa shape index (κ2) is 7.20. The van der Waals surface area contributed by atoms with E-state index in [2.05, 4.69) is 5.32 Å². The summed E-state index contributed by atoms with van der Waals surface area (Å²) < 4.78 is 15.1. The van der Waals surface area contributed by atoms with E-state index in [-0.39, 0.29) is 12.7 Å². The number of amides is 3. The maximum Gasteiger partial charge on any atom is 0.325 e. The third-order valence-electron chi connectivity index (χ3n) is 3.76. The molecule has 1 saturated heterocycles. The molecule has 1 aromatic carbocycles. The Hall–Kier alpha value is -3.10. The van der Waals surface area contributed by atoms with E-state index in [1.54, 1.807) is 6.07 Å². The lowest BCUT2D eigenvalue weighted by Crippen LogP contribution is -2.37. The van der Waals surface area contributed by atoms with Gasteiger partial charge in [-0.1, -0.05) is 0 Å².